The van der Waals surface area contributed by atoms with Crippen LogP contribution in [0.1, 0.15) is 50.2 Å². The molecule has 7 heteroatoms. The molecule has 186 valence electrons. The Hall–Kier alpha value is -3.97. The van der Waals surface area contributed by atoms with Crippen LogP contribution >= 0.6 is 0 Å². The second-order valence-electron chi connectivity index (χ2n) is 8.98. The fourth-order valence-corrected chi connectivity index (χ4v) is 4.59. The fourth-order valence-electron chi connectivity index (χ4n) is 4.59. The summed E-state index contributed by atoms with van der Waals surface area (Å²) in [5.41, 5.74) is 4.76. The molecule has 0 spiro atoms. The smallest absolute Gasteiger partial charge is 0.220 e. The average Bonchev–Trinajstić information content (AvgIpc) is 3.45. The van der Waals surface area contributed by atoms with Gasteiger partial charge in [0.25, 0.3) is 0 Å². The van der Waals surface area contributed by atoms with Crippen LogP contribution in [-0.2, 0) is 9.59 Å². The van der Waals surface area contributed by atoms with Gasteiger partial charge in [0.1, 0.15) is 23.8 Å². The largest absolute Gasteiger partial charge is 0.508 e. The van der Waals surface area contributed by atoms with Gasteiger partial charge in [0.05, 0.1) is 19.1 Å². The number of ether oxygens (including phenoxy) is 1. The number of rotatable bonds is 11. The normalized spacial score (nSPS) is 16.5. The van der Waals surface area contributed by atoms with Gasteiger partial charge in [-0.3, -0.25) is 19.5 Å². The van der Waals surface area contributed by atoms with Crippen LogP contribution in [0.2, 0.25) is 0 Å². The Balaban J connectivity index is 1.64. The standard InChI is InChI=1S/C29H30N2O5/c1-3-4-5-8-22(33)17-23(34)11-10-19-14-26(29(35)27(15-19)36-2)31-18-25-24(12-13-30-25)28(31)20-7-6-9-21(32)16-20/h6-7,9-16,32,35H,3-5,8,17-18H2,1-2H3/p+1. The molecule has 36 heavy (non-hydrogen) atoms. The number of nitrogens with one attached hydrogen (secondary N) is 1. The Labute approximate surface area is 210 Å². The summed E-state index contributed by atoms with van der Waals surface area (Å²) in [6, 6.07) is 10.4. The maximum absolute atomic E-state index is 12.4. The SMILES string of the molecule is CCCCCC(=O)CC(=O)C=Cc1cc(OC)c(O)c([NH+]2CC3=NC=CC3=C2c2cccc(O)c2)c1. The van der Waals surface area contributed by atoms with Crippen molar-refractivity contribution in [1.82, 2.24) is 0 Å². The topological polar surface area (TPSA) is 101 Å². The van der Waals surface area contributed by atoms with Gasteiger partial charge in [-0.05, 0) is 48.4 Å². The molecular weight excluding hydrogens is 456 g/mol. The molecule has 4 rings (SSSR count). The molecule has 0 bridgehead atoms. The summed E-state index contributed by atoms with van der Waals surface area (Å²) in [5, 5.41) is 21.1. The third-order valence-corrected chi connectivity index (χ3v) is 6.37. The molecule has 2 aromatic carbocycles. The van der Waals surface area contributed by atoms with Gasteiger partial charge >= 0.3 is 0 Å². The number of unbranched alkanes of at least 4 members (excludes halogenated alkanes) is 2. The molecule has 2 aromatic rings. The van der Waals surface area contributed by atoms with Crippen LogP contribution in [0.15, 0.2) is 65.3 Å². The van der Waals surface area contributed by atoms with Gasteiger partial charge in [-0.25, -0.2) is 0 Å². The number of aromatic hydroxyl groups is 2. The molecule has 0 saturated carbocycles. The minimum atomic E-state index is -0.254. The summed E-state index contributed by atoms with van der Waals surface area (Å²) in [6.45, 7) is 2.57. The molecule has 0 fully saturated rings. The van der Waals surface area contributed by atoms with Crippen LogP contribution < -0.4 is 9.64 Å². The van der Waals surface area contributed by atoms with Crippen molar-refractivity contribution < 1.29 is 29.4 Å². The fraction of sp³-hybridized carbons (Fsp3) is 0.276. The highest BCUT2D eigenvalue weighted by molar-refractivity contribution is 6.13. The number of benzene rings is 2. The molecule has 0 radical (unpaired) electrons. The first-order valence-corrected chi connectivity index (χ1v) is 12.2. The molecule has 0 aromatic heterocycles. The Morgan fingerprint density at radius 3 is 2.75 bits per heavy atom. The van der Waals surface area contributed by atoms with E-state index in [1.165, 1.54) is 13.2 Å². The molecule has 2 aliphatic rings. The maximum Gasteiger partial charge on any atom is 0.220 e. The third-order valence-electron chi connectivity index (χ3n) is 6.37. The zero-order valence-corrected chi connectivity index (χ0v) is 20.6. The molecule has 0 aliphatic carbocycles. The van der Waals surface area contributed by atoms with E-state index in [0.29, 0.717) is 24.2 Å². The van der Waals surface area contributed by atoms with Crippen molar-refractivity contribution >= 4 is 34.7 Å². The minimum absolute atomic E-state index is 0.00937. The number of carbonyl (C=O) groups excluding carboxylic acids is 2. The van der Waals surface area contributed by atoms with Crippen molar-refractivity contribution in [2.75, 3.05) is 13.7 Å². The summed E-state index contributed by atoms with van der Waals surface area (Å²) < 4.78 is 5.43. The number of phenolic OH excluding ortho intramolecular Hbond substituents is 2. The summed E-state index contributed by atoms with van der Waals surface area (Å²) in [6.07, 6.45) is 9.85. The number of carbonyl (C=O) groups is 2. The van der Waals surface area contributed by atoms with Gasteiger partial charge in [-0.15, -0.1) is 0 Å². The van der Waals surface area contributed by atoms with Crippen molar-refractivity contribution in [3.63, 3.8) is 0 Å². The lowest BCUT2D eigenvalue weighted by Gasteiger charge is -2.19. The lowest BCUT2D eigenvalue weighted by Crippen LogP contribution is -3.03. The van der Waals surface area contributed by atoms with E-state index in [9.17, 15) is 19.8 Å². The highest BCUT2D eigenvalue weighted by Crippen LogP contribution is 2.36. The first-order valence-electron chi connectivity index (χ1n) is 12.2. The zero-order chi connectivity index (χ0) is 25.7. The summed E-state index contributed by atoms with van der Waals surface area (Å²) >= 11 is 0. The number of nitrogens with zero attached hydrogens (tertiary/aromatic N) is 1. The Bertz CT molecular complexity index is 1300. The van der Waals surface area contributed by atoms with Crippen LogP contribution in [0.5, 0.6) is 17.2 Å². The van der Waals surface area contributed by atoms with Gasteiger partial charge < -0.3 is 14.9 Å². The van der Waals surface area contributed by atoms with E-state index >= 15 is 0 Å². The number of fused-ring (bicyclic) bond motifs is 1. The van der Waals surface area contributed by atoms with Crippen LogP contribution in [0.4, 0.5) is 5.69 Å². The van der Waals surface area contributed by atoms with Crippen molar-refractivity contribution in [2.24, 2.45) is 4.99 Å². The van der Waals surface area contributed by atoms with Gasteiger partial charge in [0.2, 0.25) is 5.75 Å². The van der Waals surface area contributed by atoms with Gasteiger partial charge in [0, 0.05) is 24.3 Å². The molecule has 7 nitrogen and oxygen atoms in total. The van der Waals surface area contributed by atoms with E-state index in [1.54, 1.807) is 42.6 Å². The number of aliphatic imine (C=N–C) groups is 1. The molecule has 2 aliphatic heterocycles. The van der Waals surface area contributed by atoms with Gasteiger partial charge in [-0.1, -0.05) is 31.9 Å². The van der Waals surface area contributed by atoms with Crippen molar-refractivity contribution in [2.45, 2.75) is 39.0 Å². The second kappa shape index (κ2) is 11.2. The molecule has 2 heterocycles. The Morgan fingerprint density at radius 2 is 2.00 bits per heavy atom. The van der Waals surface area contributed by atoms with Gasteiger partial charge in [-0.2, -0.15) is 0 Å². The van der Waals surface area contributed by atoms with E-state index in [2.05, 4.69) is 11.9 Å². The Kier molecular flexibility index (Phi) is 7.80. The number of allylic oxidation sites excluding steroid dienone is 2. The highest BCUT2D eigenvalue weighted by Gasteiger charge is 2.38. The van der Waals surface area contributed by atoms with E-state index < -0.39 is 0 Å². The summed E-state index contributed by atoms with van der Waals surface area (Å²) in [7, 11) is 1.47. The molecule has 3 N–H and O–H groups in total. The first-order chi connectivity index (χ1) is 17.4. The Morgan fingerprint density at radius 1 is 1.17 bits per heavy atom. The zero-order valence-electron chi connectivity index (χ0n) is 20.6. The van der Waals surface area contributed by atoms with Crippen molar-refractivity contribution in [1.29, 1.82) is 0 Å². The number of phenols is 2. The van der Waals surface area contributed by atoms with Crippen LogP contribution in [0.25, 0.3) is 11.8 Å². The first kappa shape index (κ1) is 25.1. The van der Waals surface area contributed by atoms with E-state index in [4.69, 9.17) is 4.74 Å². The molecule has 0 amide bonds. The molecule has 1 atom stereocenters. The number of quaternary nitrogens is 1. The number of methoxy groups -OCH3 is 1. The number of Topliss-reactive ketones (excluding diaryl/α,β-unsaturated/α-hetero) is 1. The van der Waals surface area contributed by atoms with Gasteiger partial charge in [0.15, 0.2) is 22.9 Å². The second-order valence-corrected chi connectivity index (χ2v) is 8.98. The number of ketones is 2. The summed E-state index contributed by atoms with van der Waals surface area (Å²) in [5.74, 6) is 0.109. The van der Waals surface area contributed by atoms with Crippen molar-refractivity contribution in [3.05, 3.63) is 71.5 Å². The van der Waals surface area contributed by atoms with Crippen molar-refractivity contribution in [3.8, 4) is 17.2 Å². The average molecular weight is 488 g/mol. The lowest BCUT2D eigenvalue weighted by atomic mass is 10.0. The van der Waals surface area contributed by atoms with Crippen LogP contribution in [0.3, 0.4) is 0 Å². The highest BCUT2D eigenvalue weighted by atomic mass is 16.5. The monoisotopic (exact) mass is 487 g/mol. The third kappa shape index (κ3) is 5.47. The molecule has 1 unspecified atom stereocenters. The predicted molar refractivity (Wildman–Crippen MR) is 140 cm³/mol. The van der Waals surface area contributed by atoms with Crippen LogP contribution in [0, 0.1) is 0 Å². The van der Waals surface area contributed by atoms with Crippen LogP contribution in [-0.4, -0.2) is 41.1 Å². The molecule has 0 saturated heterocycles. The van der Waals surface area contributed by atoms with E-state index in [1.807, 2.05) is 12.1 Å². The van der Waals surface area contributed by atoms with E-state index in [0.717, 1.165) is 46.7 Å². The quantitative estimate of drug-likeness (QED) is 0.191. The molecular formula is C29H31N2O5+. The van der Waals surface area contributed by atoms with E-state index in [-0.39, 0.29) is 35.2 Å². The minimum Gasteiger partial charge on any atom is -0.508 e. The maximum atomic E-state index is 12.4. The predicted octanol–water partition coefficient (Wildman–Crippen LogP) is 4.14. The number of hydrogen-bond acceptors (Lipinski definition) is 6. The summed E-state index contributed by atoms with van der Waals surface area (Å²) in [4.78, 5) is 29.7. The number of hydrogen-bond donors (Lipinski definition) is 3. The lowest BCUT2D eigenvalue weighted by molar-refractivity contribution is -0.737.